The van der Waals surface area contributed by atoms with Gasteiger partial charge in [-0.05, 0) is 31.0 Å². The number of carboxylic acids is 1. The van der Waals surface area contributed by atoms with Gasteiger partial charge in [0.25, 0.3) is 0 Å². The Morgan fingerprint density at radius 2 is 1.71 bits per heavy atom. The van der Waals surface area contributed by atoms with Crippen molar-refractivity contribution >= 4 is 35.1 Å². The number of hydrogen-bond acceptors (Lipinski definition) is 3. The fourth-order valence-corrected chi connectivity index (χ4v) is 3.42. The molecular formula is C15H14ClNO4. The first kappa shape index (κ1) is 14.1. The minimum Gasteiger partial charge on any atom is -0.478 e. The molecule has 1 heterocycles. The molecule has 0 radical (unpaired) electrons. The molecule has 1 aromatic rings. The molecule has 2 atom stereocenters. The zero-order valence-electron chi connectivity index (χ0n) is 11.2. The number of amides is 2. The number of carbonyl (C=O) groups excluding carboxylic acids is 2. The maximum Gasteiger partial charge on any atom is 0.335 e. The van der Waals surface area contributed by atoms with Crippen molar-refractivity contribution in [2.24, 2.45) is 11.8 Å². The van der Waals surface area contributed by atoms with Crippen molar-refractivity contribution in [1.82, 2.24) is 0 Å². The Morgan fingerprint density at radius 1 is 1.14 bits per heavy atom. The molecule has 1 saturated heterocycles. The minimum absolute atomic E-state index is 0.00451. The molecule has 110 valence electrons. The first-order valence-corrected chi connectivity index (χ1v) is 7.29. The lowest BCUT2D eigenvalue weighted by atomic mass is 9.81. The van der Waals surface area contributed by atoms with Gasteiger partial charge < -0.3 is 5.11 Å². The van der Waals surface area contributed by atoms with Gasteiger partial charge in [0.1, 0.15) is 0 Å². The largest absolute Gasteiger partial charge is 0.478 e. The Bertz CT molecular complexity index is 619. The van der Waals surface area contributed by atoms with Gasteiger partial charge in [0, 0.05) is 0 Å². The van der Waals surface area contributed by atoms with Crippen LogP contribution in [0.3, 0.4) is 0 Å². The molecule has 1 saturated carbocycles. The fraction of sp³-hybridized carbons (Fsp3) is 0.400. The first-order valence-electron chi connectivity index (χ1n) is 6.91. The molecule has 1 aromatic carbocycles. The predicted octanol–water partition coefficient (Wildman–Crippen LogP) is 2.72. The molecule has 3 rings (SSSR count). The molecule has 0 aromatic heterocycles. The summed E-state index contributed by atoms with van der Waals surface area (Å²) in [6.45, 7) is 0. The normalized spacial score (nSPS) is 25.1. The second kappa shape index (κ2) is 5.15. The number of anilines is 1. The Kier molecular flexibility index (Phi) is 3.45. The topological polar surface area (TPSA) is 74.7 Å². The smallest absolute Gasteiger partial charge is 0.335 e. The van der Waals surface area contributed by atoms with Crippen LogP contribution in [0.1, 0.15) is 36.0 Å². The van der Waals surface area contributed by atoms with Crippen LogP contribution in [-0.2, 0) is 9.59 Å². The molecule has 6 heteroatoms. The Balaban J connectivity index is 2.04. The van der Waals surface area contributed by atoms with E-state index < -0.39 is 5.97 Å². The molecule has 2 aliphatic rings. The van der Waals surface area contributed by atoms with E-state index in [1.165, 1.54) is 18.2 Å². The summed E-state index contributed by atoms with van der Waals surface area (Å²) in [5.41, 5.74) is 0.186. The van der Waals surface area contributed by atoms with Gasteiger partial charge in [0.05, 0.1) is 28.1 Å². The number of benzene rings is 1. The van der Waals surface area contributed by atoms with Gasteiger partial charge in [-0.25, -0.2) is 9.69 Å². The summed E-state index contributed by atoms with van der Waals surface area (Å²) in [5.74, 6) is -2.20. The van der Waals surface area contributed by atoms with E-state index in [0.29, 0.717) is 12.8 Å². The van der Waals surface area contributed by atoms with Crippen molar-refractivity contribution in [1.29, 1.82) is 0 Å². The van der Waals surface area contributed by atoms with Crippen LogP contribution in [0, 0.1) is 11.8 Å². The summed E-state index contributed by atoms with van der Waals surface area (Å²) in [5, 5.41) is 9.26. The lowest BCUT2D eigenvalue weighted by Crippen LogP contribution is -2.31. The van der Waals surface area contributed by atoms with E-state index >= 15 is 0 Å². The standard InChI is InChI=1S/C15H14ClNO4/c16-11-6-5-8(15(20)21)7-12(11)17-13(18)9-3-1-2-4-10(9)14(17)19/h5-7,9-10H,1-4H2,(H,20,21)/t9-,10+. The summed E-state index contributed by atoms with van der Waals surface area (Å²) in [6.07, 6.45) is 3.30. The van der Waals surface area contributed by atoms with E-state index in [0.717, 1.165) is 17.7 Å². The number of fused-ring (bicyclic) bond motifs is 1. The third-order valence-corrected chi connectivity index (χ3v) is 4.59. The second-order valence-corrected chi connectivity index (χ2v) is 5.89. The predicted molar refractivity (Wildman–Crippen MR) is 76.4 cm³/mol. The van der Waals surface area contributed by atoms with Gasteiger partial charge in [-0.3, -0.25) is 9.59 Å². The van der Waals surface area contributed by atoms with Gasteiger partial charge in [-0.1, -0.05) is 24.4 Å². The summed E-state index contributed by atoms with van der Waals surface area (Å²) < 4.78 is 0. The van der Waals surface area contributed by atoms with Crippen LogP contribution in [0.15, 0.2) is 18.2 Å². The molecule has 2 amide bonds. The van der Waals surface area contributed by atoms with Crippen molar-refractivity contribution in [3.05, 3.63) is 28.8 Å². The molecule has 0 bridgehead atoms. The van der Waals surface area contributed by atoms with E-state index in [1.807, 2.05) is 0 Å². The zero-order valence-corrected chi connectivity index (χ0v) is 12.0. The van der Waals surface area contributed by atoms with Gasteiger partial charge in [0.2, 0.25) is 11.8 Å². The van der Waals surface area contributed by atoms with Gasteiger partial charge in [0.15, 0.2) is 0 Å². The molecule has 21 heavy (non-hydrogen) atoms. The van der Waals surface area contributed by atoms with Crippen molar-refractivity contribution in [2.45, 2.75) is 25.7 Å². The molecule has 0 unspecified atom stereocenters. The number of carbonyl (C=O) groups is 3. The SMILES string of the molecule is O=C(O)c1ccc(Cl)c(N2C(=O)[C@H]3CCCC[C@H]3C2=O)c1. The molecule has 1 aliphatic heterocycles. The highest BCUT2D eigenvalue weighted by molar-refractivity contribution is 6.36. The quantitative estimate of drug-likeness (QED) is 0.852. The maximum absolute atomic E-state index is 12.5. The highest BCUT2D eigenvalue weighted by atomic mass is 35.5. The number of rotatable bonds is 2. The highest BCUT2D eigenvalue weighted by Crippen LogP contribution is 2.41. The van der Waals surface area contributed by atoms with E-state index in [2.05, 4.69) is 0 Å². The minimum atomic E-state index is -1.12. The summed E-state index contributed by atoms with van der Waals surface area (Å²) >= 11 is 6.07. The molecular weight excluding hydrogens is 294 g/mol. The van der Waals surface area contributed by atoms with Crippen molar-refractivity contribution in [3.8, 4) is 0 Å². The second-order valence-electron chi connectivity index (χ2n) is 5.48. The lowest BCUT2D eigenvalue weighted by Gasteiger charge is -2.19. The average Bonchev–Trinajstić information content (AvgIpc) is 2.72. The molecule has 2 fully saturated rings. The van der Waals surface area contributed by atoms with Gasteiger partial charge >= 0.3 is 5.97 Å². The molecule has 1 aliphatic carbocycles. The van der Waals surface area contributed by atoms with E-state index in [4.69, 9.17) is 16.7 Å². The average molecular weight is 308 g/mol. The Labute approximate surface area is 126 Å². The number of carboxylic acid groups (broad SMARTS) is 1. The Morgan fingerprint density at radius 3 is 2.24 bits per heavy atom. The van der Waals surface area contributed by atoms with Crippen LogP contribution >= 0.6 is 11.6 Å². The number of halogens is 1. The van der Waals surface area contributed by atoms with Crippen LogP contribution in [0.2, 0.25) is 5.02 Å². The highest BCUT2D eigenvalue weighted by Gasteiger charge is 2.49. The third-order valence-electron chi connectivity index (χ3n) is 4.28. The van der Waals surface area contributed by atoms with Gasteiger partial charge in [-0.15, -0.1) is 0 Å². The molecule has 1 N–H and O–H groups in total. The van der Waals surface area contributed by atoms with E-state index in [9.17, 15) is 14.4 Å². The van der Waals surface area contributed by atoms with Crippen LogP contribution in [0.4, 0.5) is 5.69 Å². The molecule has 0 spiro atoms. The van der Waals surface area contributed by atoms with Crippen molar-refractivity contribution in [2.75, 3.05) is 4.90 Å². The van der Waals surface area contributed by atoms with E-state index in [-0.39, 0.29) is 39.9 Å². The summed E-state index contributed by atoms with van der Waals surface area (Å²) in [6, 6.07) is 4.05. The monoisotopic (exact) mass is 307 g/mol. The number of aromatic carboxylic acids is 1. The van der Waals surface area contributed by atoms with Crippen LogP contribution in [0.25, 0.3) is 0 Å². The number of imide groups is 1. The summed E-state index contributed by atoms with van der Waals surface area (Å²) in [7, 11) is 0. The van der Waals surface area contributed by atoms with Crippen molar-refractivity contribution < 1.29 is 19.5 Å². The Hall–Kier alpha value is -1.88. The number of hydrogen-bond donors (Lipinski definition) is 1. The van der Waals surface area contributed by atoms with E-state index in [1.54, 1.807) is 0 Å². The van der Waals surface area contributed by atoms with Crippen molar-refractivity contribution in [3.63, 3.8) is 0 Å². The lowest BCUT2D eigenvalue weighted by molar-refractivity contribution is -0.122. The maximum atomic E-state index is 12.5. The van der Waals surface area contributed by atoms with Crippen LogP contribution in [0.5, 0.6) is 0 Å². The van der Waals surface area contributed by atoms with Gasteiger partial charge in [-0.2, -0.15) is 0 Å². The fourth-order valence-electron chi connectivity index (χ4n) is 3.22. The van der Waals surface area contributed by atoms with Crippen LogP contribution in [-0.4, -0.2) is 22.9 Å². The first-order chi connectivity index (χ1) is 10.0. The third kappa shape index (κ3) is 2.21. The zero-order chi connectivity index (χ0) is 15.1. The summed E-state index contributed by atoms with van der Waals surface area (Å²) in [4.78, 5) is 37.1. The van der Waals surface area contributed by atoms with Crippen LogP contribution < -0.4 is 4.90 Å². The molecule has 5 nitrogen and oxygen atoms in total. The number of nitrogens with zero attached hydrogens (tertiary/aromatic N) is 1.